The van der Waals surface area contributed by atoms with E-state index >= 15 is 0 Å². The Labute approximate surface area is 148 Å². The molecule has 2 aromatic rings. The maximum atomic E-state index is 11.8. The SMILES string of the molecule is CCOc1ccc(NCC(=O)NCCOc2ccc(OC)cc2)cc1. The highest BCUT2D eigenvalue weighted by molar-refractivity contribution is 5.80. The molecule has 2 rings (SSSR count). The van der Waals surface area contributed by atoms with Gasteiger partial charge in [0.2, 0.25) is 5.91 Å². The first-order valence-corrected chi connectivity index (χ1v) is 8.21. The largest absolute Gasteiger partial charge is 0.497 e. The van der Waals surface area contributed by atoms with Crippen molar-refractivity contribution in [2.75, 3.05) is 38.7 Å². The normalized spacial score (nSPS) is 10.0. The smallest absolute Gasteiger partial charge is 0.239 e. The van der Waals surface area contributed by atoms with Crippen molar-refractivity contribution >= 4 is 11.6 Å². The van der Waals surface area contributed by atoms with Crippen LogP contribution in [0.25, 0.3) is 0 Å². The van der Waals surface area contributed by atoms with Crippen molar-refractivity contribution in [1.29, 1.82) is 0 Å². The topological polar surface area (TPSA) is 68.8 Å². The van der Waals surface area contributed by atoms with Gasteiger partial charge in [0.1, 0.15) is 23.9 Å². The summed E-state index contributed by atoms with van der Waals surface area (Å²) < 4.78 is 16.0. The van der Waals surface area contributed by atoms with Crippen LogP contribution in [-0.2, 0) is 4.79 Å². The lowest BCUT2D eigenvalue weighted by Gasteiger charge is -2.10. The number of nitrogens with one attached hydrogen (secondary N) is 2. The van der Waals surface area contributed by atoms with Crippen molar-refractivity contribution in [1.82, 2.24) is 5.32 Å². The summed E-state index contributed by atoms with van der Waals surface area (Å²) >= 11 is 0. The Bertz CT molecular complexity index is 641. The molecule has 2 aromatic carbocycles. The van der Waals surface area contributed by atoms with Crippen LogP contribution in [0.2, 0.25) is 0 Å². The zero-order valence-electron chi connectivity index (χ0n) is 14.6. The molecular weight excluding hydrogens is 320 g/mol. The van der Waals surface area contributed by atoms with Gasteiger partial charge in [-0.25, -0.2) is 0 Å². The van der Waals surface area contributed by atoms with Crippen molar-refractivity contribution in [3.8, 4) is 17.2 Å². The van der Waals surface area contributed by atoms with Gasteiger partial charge in [0, 0.05) is 5.69 Å². The number of ether oxygens (including phenoxy) is 3. The summed E-state index contributed by atoms with van der Waals surface area (Å²) in [7, 11) is 1.62. The summed E-state index contributed by atoms with van der Waals surface area (Å²) in [6, 6.07) is 14.8. The monoisotopic (exact) mass is 344 g/mol. The number of carbonyl (C=O) groups is 1. The van der Waals surface area contributed by atoms with Crippen molar-refractivity contribution < 1.29 is 19.0 Å². The molecule has 6 heteroatoms. The number of carbonyl (C=O) groups excluding carboxylic acids is 1. The molecule has 25 heavy (non-hydrogen) atoms. The highest BCUT2D eigenvalue weighted by Crippen LogP contribution is 2.17. The van der Waals surface area contributed by atoms with Crippen LogP contribution in [0.1, 0.15) is 6.92 Å². The van der Waals surface area contributed by atoms with Crippen molar-refractivity contribution in [3.63, 3.8) is 0 Å². The average Bonchev–Trinajstić information content (AvgIpc) is 2.65. The van der Waals surface area contributed by atoms with E-state index in [9.17, 15) is 4.79 Å². The van der Waals surface area contributed by atoms with Gasteiger partial charge in [0.05, 0.1) is 26.8 Å². The second-order valence-electron chi connectivity index (χ2n) is 5.18. The molecule has 2 N–H and O–H groups in total. The highest BCUT2D eigenvalue weighted by atomic mass is 16.5. The predicted octanol–water partition coefficient (Wildman–Crippen LogP) is 2.70. The van der Waals surface area contributed by atoms with Crippen LogP contribution in [0, 0.1) is 0 Å². The molecule has 0 radical (unpaired) electrons. The number of methoxy groups -OCH3 is 1. The summed E-state index contributed by atoms with van der Waals surface area (Å²) in [6.07, 6.45) is 0. The molecule has 0 unspecified atom stereocenters. The lowest BCUT2D eigenvalue weighted by atomic mass is 10.3. The van der Waals surface area contributed by atoms with Crippen molar-refractivity contribution in [2.24, 2.45) is 0 Å². The van der Waals surface area contributed by atoms with E-state index in [-0.39, 0.29) is 12.5 Å². The summed E-state index contributed by atoms with van der Waals surface area (Å²) in [5.41, 5.74) is 0.869. The van der Waals surface area contributed by atoms with Crippen LogP contribution >= 0.6 is 0 Å². The molecule has 0 aliphatic rings. The second-order valence-corrected chi connectivity index (χ2v) is 5.18. The fourth-order valence-electron chi connectivity index (χ4n) is 2.11. The van der Waals surface area contributed by atoms with Gasteiger partial charge in [-0.05, 0) is 55.5 Å². The first-order chi connectivity index (χ1) is 12.2. The summed E-state index contributed by atoms with van der Waals surface area (Å²) in [6.45, 7) is 3.62. The summed E-state index contributed by atoms with van der Waals surface area (Å²) in [5, 5.41) is 5.86. The fourth-order valence-corrected chi connectivity index (χ4v) is 2.11. The molecule has 0 aromatic heterocycles. The van der Waals surface area contributed by atoms with Crippen LogP contribution < -0.4 is 24.8 Å². The highest BCUT2D eigenvalue weighted by Gasteiger charge is 2.02. The lowest BCUT2D eigenvalue weighted by Crippen LogP contribution is -2.32. The molecule has 1 amide bonds. The van der Waals surface area contributed by atoms with Gasteiger partial charge in [0.15, 0.2) is 0 Å². The van der Waals surface area contributed by atoms with Crippen LogP contribution in [0.4, 0.5) is 5.69 Å². The van der Waals surface area contributed by atoms with Gasteiger partial charge in [-0.15, -0.1) is 0 Å². The third-order valence-corrected chi connectivity index (χ3v) is 3.37. The van der Waals surface area contributed by atoms with Crippen molar-refractivity contribution in [3.05, 3.63) is 48.5 Å². The van der Waals surface area contributed by atoms with Gasteiger partial charge in [-0.2, -0.15) is 0 Å². The third kappa shape index (κ3) is 6.63. The van der Waals surface area contributed by atoms with Crippen LogP contribution in [-0.4, -0.2) is 39.3 Å². The molecule has 0 atom stereocenters. The number of benzene rings is 2. The minimum atomic E-state index is -0.0905. The molecule has 0 heterocycles. The van der Waals surface area contributed by atoms with Crippen molar-refractivity contribution in [2.45, 2.75) is 6.92 Å². The summed E-state index contributed by atoms with van der Waals surface area (Å²) in [5.74, 6) is 2.24. The number of hydrogen-bond donors (Lipinski definition) is 2. The van der Waals surface area contributed by atoms with Gasteiger partial charge < -0.3 is 24.8 Å². The minimum absolute atomic E-state index is 0.0905. The molecule has 134 valence electrons. The van der Waals surface area contributed by atoms with Crippen LogP contribution in [0.15, 0.2) is 48.5 Å². The number of anilines is 1. The van der Waals surface area contributed by atoms with E-state index in [1.807, 2.05) is 55.5 Å². The molecule has 0 fully saturated rings. The second kappa shape index (κ2) is 10.1. The Balaban J connectivity index is 1.61. The van der Waals surface area contributed by atoms with E-state index in [2.05, 4.69) is 10.6 Å². The number of rotatable bonds is 10. The maximum Gasteiger partial charge on any atom is 0.239 e. The molecule has 0 spiro atoms. The first-order valence-electron chi connectivity index (χ1n) is 8.21. The van der Waals surface area contributed by atoms with E-state index in [0.717, 1.165) is 22.9 Å². The number of amides is 1. The Morgan fingerprint density at radius 2 is 1.52 bits per heavy atom. The first kappa shape index (κ1) is 18.4. The predicted molar refractivity (Wildman–Crippen MR) is 97.6 cm³/mol. The minimum Gasteiger partial charge on any atom is -0.497 e. The van der Waals surface area contributed by atoms with Crippen LogP contribution in [0.5, 0.6) is 17.2 Å². The molecule has 0 saturated heterocycles. The fraction of sp³-hybridized carbons (Fsp3) is 0.316. The van der Waals surface area contributed by atoms with Gasteiger partial charge in [-0.1, -0.05) is 0 Å². The van der Waals surface area contributed by atoms with E-state index in [1.54, 1.807) is 7.11 Å². The molecular formula is C19H24N2O4. The van der Waals surface area contributed by atoms with E-state index < -0.39 is 0 Å². The van der Waals surface area contributed by atoms with Gasteiger partial charge >= 0.3 is 0 Å². The zero-order chi connectivity index (χ0) is 17.9. The quantitative estimate of drug-likeness (QED) is 0.649. The molecule has 0 aliphatic heterocycles. The standard InChI is InChI=1S/C19H24N2O4/c1-3-24-17-6-4-15(5-7-17)21-14-19(22)20-12-13-25-18-10-8-16(23-2)9-11-18/h4-11,21H,3,12-14H2,1-2H3,(H,20,22). The summed E-state index contributed by atoms with van der Waals surface area (Å²) in [4.78, 5) is 11.8. The van der Waals surface area contributed by atoms with E-state index in [0.29, 0.717) is 19.8 Å². The van der Waals surface area contributed by atoms with E-state index in [4.69, 9.17) is 14.2 Å². The lowest BCUT2D eigenvalue weighted by molar-refractivity contribution is -0.119. The molecule has 6 nitrogen and oxygen atoms in total. The Hall–Kier alpha value is -2.89. The number of hydrogen-bond acceptors (Lipinski definition) is 5. The maximum absolute atomic E-state index is 11.8. The van der Waals surface area contributed by atoms with E-state index in [1.165, 1.54) is 0 Å². The molecule has 0 aliphatic carbocycles. The third-order valence-electron chi connectivity index (χ3n) is 3.37. The zero-order valence-corrected chi connectivity index (χ0v) is 14.6. The average molecular weight is 344 g/mol. The Morgan fingerprint density at radius 1 is 0.920 bits per heavy atom. The molecule has 0 saturated carbocycles. The Kier molecular flexibility index (Phi) is 7.43. The molecule has 0 bridgehead atoms. The van der Waals surface area contributed by atoms with Gasteiger partial charge in [-0.3, -0.25) is 4.79 Å². The van der Waals surface area contributed by atoms with Gasteiger partial charge in [0.25, 0.3) is 0 Å². The Morgan fingerprint density at radius 3 is 2.16 bits per heavy atom. The van der Waals surface area contributed by atoms with Crippen LogP contribution in [0.3, 0.4) is 0 Å².